The van der Waals surface area contributed by atoms with Crippen molar-refractivity contribution in [1.29, 1.82) is 0 Å². The summed E-state index contributed by atoms with van der Waals surface area (Å²) >= 11 is 1.57. The Morgan fingerprint density at radius 1 is 1.29 bits per heavy atom. The molecule has 7 nitrogen and oxygen atoms in total. The zero-order valence-electron chi connectivity index (χ0n) is 16.1. The summed E-state index contributed by atoms with van der Waals surface area (Å²) in [7, 11) is 0. The number of carbonyl (C=O) groups is 2. The Morgan fingerprint density at radius 3 is 2.71 bits per heavy atom. The van der Waals surface area contributed by atoms with Crippen LogP contribution in [0, 0.1) is 6.92 Å². The molecule has 1 aromatic carbocycles. The molecule has 8 heteroatoms. The van der Waals surface area contributed by atoms with Gasteiger partial charge in [0.1, 0.15) is 12.4 Å². The van der Waals surface area contributed by atoms with Crippen LogP contribution in [0.15, 0.2) is 29.6 Å². The second kappa shape index (κ2) is 9.54. The molecule has 1 saturated heterocycles. The van der Waals surface area contributed by atoms with Crippen LogP contribution in [0.3, 0.4) is 0 Å². The van der Waals surface area contributed by atoms with Crippen LogP contribution < -0.4 is 10.1 Å². The number of para-hydroxylation sites is 1. The van der Waals surface area contributed by atoms with Crippen LogP contribution in [0.1, 0.15) is 40.8 Å². The second-order valence-corrected chi connectivity index (χ2v) is 7.64. The van der Waals surface area contributed by atoms with Gasteiger partial charge in [-0.05, 0) is 38.8 Å². The van der Waals surface area contributed by atoms with Crippen LogP contribution in [-0.2, 0) is 11.3 Å². The SMILES string of the molecule is CCOC(=O)N1CCC(NC(=O)c2ccccc2OCc2csc(C)n2)CC1. The van der Waals surface area contributed by atoms with Gasteiger partial charge in [0, 0.05) is 24.5 Å². The molecule has 0 radical (unpaired) electrons. The summed E-state index contributed by atoms with van der Waals surface area (Å²) in [5.74, 6) is 0.370. The second-order valence-electron chi connectivity index (χ2n) is 6.58. The third kappa shape index (κ3) is 5.22. The van der Waals surface area contributed by atoms with Crippen molar-refractivity contribution in [3.8, 4) is 5.75 Å². The van der Waals surface area contributed by atoms with E-state index in [0.717, 1.165) is 10.7 Å². The Bertz CT molecular complexity index is 815. The lowest BCUT2D eigenvalue weighted by Crippen LogP contribution is -2.46. The van der Waals surface area contributed by atoms with Gasteiger partial charge in [0.25, 0.3) is 5.91 Å². The zero-order valence-corrected chi connectivity index (χ0v) is 17.0. The van der Waals surface area contributed by atoms with Crippen LogP contribution in [0.5, 0.6) is 5.75 Å². The molecule has 1 aliphatic heterocycles. The summed E-state index contributed by atoms with van der Waals surface area (Å²) in [6.07, 6.45) is 1.11. The number of hydrogen-bond acceptors (Lipinski definition) is 6. The van der Waals surface area contributed by atoms with Crippen molar-refractivity contribution in [2.75, 3.05) is 19.7 Å². The number of thiazole rings is 1. The van der Waals surface area contributed by atoms with Gasteiger partial charge < -0.3 is 19.7 Å². The van der Waals surface area contributed by atoms with Crippen molar-refractivity contribution in [2.45, 2.75) is 39.3 Å². The molecule has 2 aromatic rings. The van der Waals surface area contributed by atoms with E-state index >= 15 is 0 Å². The predicted octanol–water partition coefficient (Wildman–Crippen LogP) is 3.38. The maximum absolute atomic E-state index is 12.8. The number of carbonyl (C=O) groups excluding carboxylic acids is 2. The van der Waals surface area contributed by atoms with Crippen LogP contribution in [0.2, 0.25) is 0 Å². The maximum Gasteiger partial charge on any atom is 0.409 e. The molecule has 3 rings (SSSR count). The number of benzene rings is 1. The van der Waals surface area contributed by atoms with Gasteiger partial charge in [-0.1, -0.05) is 12.1 Å². The minimum absolute atomic E-state index is 0.0208. The van der Waals surface area contributed by atoms with Gasteiger partial charge in [-0.25, -0.2) is 9.78 Å². The molecule has 150 valence electrons. The number of hydrogen-bond donors (Lipinski definition) is 1. The molecule has 2 heterocycles. The van der Waals surface area contributed by atoms with Crippen LogP contribution in [0.25, 0.3) is 0 Å². The monoisotopic (exact) mass is 403 g/mol. The molecule has 1 fully saturated rings. The lowest BCUT2D eigenvalue weighted by molar-refractivity contribution is 0.0857. The fraction of sp³-hybridized carbons (Fsp3) is 0.450. The number of rotatable bonds is 6. The molecule has 2 amide bonds. The first-order valence-corrected chi connectivity index (χ1v) is 10.3. The first-order valence-electron chi connectivity index (χ1n) is 9.42. The Kier molecular flexibility index (Phi) is 6.86. The predicted molar refractivity (Wildman–Crippen MR) is 107 cm³/mol. The van der Waals surface area contributed by atoms with Gasteiger partial charge in [-0.15, -0.1) is 11.3 Å². The van der Waals surface area contributed by atoms with Gasteiger partial charge in [0.2, 0.25) is 0 Å². The van der Waals surface area contributed by atoms with E-state index < -0.39 is 0 Å². The standard InChI is InChI=1S/C20H25N3O4S/c1-3-26-20(25)23-10-8-15(9-11-23)22-19(24)17-6-4-5-7-18(17)27-12-16-13-28-14(2)21-16/h4-7,13,15H,3,8-12H2,1-2H3,(H,22,24). The third-order valence-electron chi connectivity index (χ3n) is 4.53. The average molecular weight is 404 g/mol. The smallest absolute Gasteiger partial charge is 0.409 e. The number of piperidine rings is 1. The number of likely N-dealkylation sites (tertiary alicyclic amines) is 1. The van der Waals surface area contributed by atoms with E-state index in [9.17, 15) is 9.59 Å². The molecule has 0 spiro atoms. The van der Waals surface area contributed by atoms with E-state index in [2.05, 4.69) is 10.3 Å². The molecular formula is C20H25N3O4S. The zero-order chi connectivity index (χ0) is 19.9. The van der Waals surface area contributed by atoms with Crippen molar-refractivity contribution in [3.05, 3.63) is 45.9 Å². The van der Waals surface area contributed by atoms with Crippen molar-refractivity contribution in [1.82, 2.24) is 15.2 Å². The highest BCUT2D eigenvalue weighted by atomic mass is 32.1. The first-order chi connectivity index (χ1) is 13.6. The fourth-order valence-electron chi connectivity index (χ4n) is 3.09. The number of amides is 2. The fourth-order valence-corrected chi connectivity index (χ4v) is 3.69. The number of aromatic nitrogens is 1. The minimum atomic E-state index is -0.289. The number of aryl methyl sites for hydroxylation is 1. The largest absolute Gasteiger partial charge is 0.486 e. The average Bonchev–Trinajstić information content (AvgIpc) is 3.12. The van der Waals surface area contributed by atoms with Crippen LogP contribution in [0.4, 0.5) is 4.79 Å². The Hall–Kier alpha value is -2.61. The summed E-state index contributed by atoms with van der Waals surface area (Å²) in [5.41, 5.74) is 1.35. The topological polar surface area (TPSA) is 80.8 Å². The summed E-state index contributed by atoms with van der Waals surface area (Å²) in [5, 5.41) is 6.00. The van der Waals surface area contributed by atoms with Crippen LogP contribution >= 0.6 is 11.3 Å². The van der Waals surface area contributed by atoms with E-state index in [4.69, 9.17) is 9.47 Å². The normalized spacial score (nSPS) is 14.6. The van der Waals surface area contributed by atoms with Crippen molar-refractivity contribution in [3.63, 3.8) is 0 Å². The van der Waals surface area contributed by atoms with E-state index in [1.807, 2.05) is 24.4 Å². The van der Waals surface area contributed by atoms with Crippen molar-refractivity contribution in [2.24, 2.45) is 0 Å². The number of nitrogens with zero attached hydrogens (tertiary/aromatic N) is 2. The van der Waals surface area contributed by atoms with Crippen molar-refractivity contribution >= 4 is 23.3 Å². The molecule has 0 saturated carbocycles. The number of ether oxygens (including phenoxy) is 2. The molecule has 1 aromatic heterocycles. The molecule has 0 bridgehead atoms. The van der Waals surface area contributed by atoms with Gasteiger partial charge in [-0.3, -0.25) is 4.79 Å². The van der Waals surface area contributed by atoms with Gasteiger partial charge in [0.15, 0.2) is 0 Å². The molecule has 1 N–H and O–H groups in total. The van der Waals surface area contributed by atoms with E-state index in [-0.39, 0.29) is 18.0 Å². The summed E-state index contributed by atoms with van der Waals surface area (Å²) in [4.78, 5) is 30.6. The third-order valence-corrected chi connectivity index (χ3v) is 5.35. The summed E-state index contributed by atoms with van der Waals surface area (Å²) in [6, 6.07) is 7.23. The summed E-state index contributed by atoms with van der Waals surface area (Å²) < 4.78 is 10.9. The maximum atomic E-state index is 12.8. The van der Waals surface area contributed by atoms with E-state index in [0.29, 0.717) is 50.5 Å². The molecule has 0 atom stereocenters. The van der Waals surface area contributed by atoms with Crippen molar-refractivity contribution < 1.29 is 19.1 Å². The quantitative estimate of drug-likeness (QED) is 0.800. The van der Waals surface area contributed by atoms with Gasteiger partial charge in [-0.2, -0.15) is 0 Å². The Morgan fingerprint density at radius 2 is 2.04 bits per heavy atom. The highest BCUT2D eigenvalue weighted by Crippen LogP contribution is 2.21. The molecule has 0 aliphatic carbocycles. The summed E-state index contributed by atoms with van der Waals surface area (Å²) in [6.45, 7) is 5.58. The first kappa shape index (κ1) is 20.1. The minimum Gasteiger partial charge on any atom is -0.486 e. The molecule has 28 heavy (non-hydrogen) atoms. The van der Waals surface area contributed by atoms with E-state index in [1.54, 1.807) is 35.3 Å². The lowest BCUT2D eigenvalue weighted by Gasteiger charge is -2.31. The Labute approximate surface area is 168 Å². The van der Waals surface area contributed by atoms with E-state index in [1.165, 1.54) is 0 Å². The van der Waals surface area contributed by atoms with Crippen LogP contribution in [-0.4, -0.2) is 47.6 Å². The molecule has 1 aliphatic rings. The van der Waals surface area contributed by atoms with Gasteiger partial charge in [0.05, 0.1) is 22.9 Å². The molecular weight excluding hydrogens is 378 g/mol. The highest BCUT2D eigenvalue weighted by Gasteiger charge is 2.25. The number of nitrogens with one attached hydrogen (secondary N) is 1. The highest BCUT2D eigenvalue weighted by molar-refractivity contribution is 7.09. The molecule has 0 unspecified atom stereocenters. The lowest BCUT2D eigenvalue weighted by atomic mass is 10.0. The Balaban J connectivity index is 1.55. The van der Waals surface area contributed by atoms with Gasteiger partial charge >= 0.3 is 6.09 Å².